The van der Waals surface area contributed by atoms with Gasteiger partial charge in [-0.05, 0) is 82.6 Å². The molecule has 1 fully saturated rings. The van der Waals surface area contributed by atoms with Crippen LogP contribution in [0.4, 0.5) is 0 Å². The molecule has 1 saturated carbocycles. The van der Waals surface area contributed by atoms with E-state index in [0.29, 0.717) is 5.41 Å². The Morgan fingerprint density at radius 1 is 1.00 bits per heavy atom. The zero-order chi connectivity index (χ0) is 16.1. The molecule has 0 heterocycles. The van der Waals surface area contributed by atoms with Gasteiger partial charge in [-0.2, -0.15) is 0 Å². The van der Waals surface area contributed by atoms with Crippen LogP contribution in [-0.4, -0.2) is 25.8 Å². The lowest BCUT2D eigenvalue weighted by atomic mass is 9.64. The van der Waals surface area contributed by atoms with Gasteiger partial charge >= 0.3 is 0 Å². The van der Waals surface area contributed by atoms with E-state index in [0.717, 1.165) is 24.4 Å². The van der Waals surface area contributed by atoms with Gasteiger partial charge in [-0.25, -0.2) is 0 Å². The molecule has 1 aliphatic carbocycles. The molecule has 0 aromatic rings. The summed E-state index contributed by atoms with van der Waals surface area (Å²) in [5.41, 5.74) is 0.694. The van der Waals surface area contributed by atoms with Crippen molar-refractivity contribution < 1.29 is 4.74 Å². The first kappa shape index (κ1) is 19.0. The molecule has 0 bridgehead atoms. The number of rotatable bonds is 6. The van der Waals surface area contributed by atoms with Gasteiger partial charge in [0.1, 0.15) is 0 Å². The smallest absolute Gasteiger partial charge is 0.0462 e. The molecule has 0 saturated heterocycles. The zero-order valence-corrected chi connectivity index (χ0v) is 15.6. The summed E-state index contributed by atoms with van der Waals surface area (Å²) in [6.07, 6.45) is 6.74. The van der Waals surface area contributed by atoms with E-state index < -0.39 is 0 Å². The number of methoxy groups -OCH3 is 1. The van der Waals surface area contributed by atoms with Gasteiger partial charge < -0.3 is 10.1 Å². The Labute approximate surface area is 133 Å². The van der Waals surface area contributed by atoms with Crippen molar-refractivity contribution in [3.05, 3.63) is 0 Å². The molecule has 3 unspecified atom stereocenters. The van der Waals surface area contributed by atoms with Gasteiger partial charge in [-0.1, -0.05) is 20.8 Å². The second-order valence-corrected chi connectivity index (χ2v) is 9.16. The lowest BCUT2D eigenvalue weighted by Gasteiger charge is -2.43. The van der Waals surface area contributed by atoms with Crippen LogP contribution < -0.4 is 5.32 Å². The third-order valence-electron chi connectivity index (χ3n) is 5.18. The Kier molecular flexibility index (Phi) is 7.19. The predicted octanol–water partition coefficient (Wildman–Crippen LogP) is 4.88. The summed E-state index contributed by atoms with van der Waals surface area (Å²) >= 11 is 0. The highest BCUT2D eigenvalue weighted by Gasteiger charge is 2.35. The molecule has 1 aliphatic rings. The fourth-order valence-electron chi connectivity index (χ4n) is 3.66. The minimum absolute atomic E-state index is 0.234. The van der Waals surface area contributed by atoms with E-state index in [-0.39, 0.29) is 5.54 Å². The quantitative estimate of drug-likeness (QED) is 0.706. The lowest BCUT2D eigenvalue weighted by Crippen LogP contribution is -2.43. The van der Waals surface area contributed by atoms with Crippen LogP contribution in [0.25, 0.3) is 0 Å². The highest BCUT2D eigenvalue weighted by Crippen LogP contribution is 2.44. The standard InChI is InChI=1S/C19H39NO/c1-18(2,3)17-11-10-16(14-20-19(4,5)6)15(13-17)9-8-12-21-7/h15-17,20H,8-14H2,1-7H3. The van der Waals surface area contributed by atoms with Crippen LogP contribution in [0.1, 0.15) is 73.6 Å². The summed E-state index contributed by atoms with van der Waals surface area (Å²) in [5.74, 6) is 2.60. The largest absolute Gasteiger partial charge is 0.385 e. The van der Waals surface area contributed by atoms with Crippen LogP contribution in [0.2, 0.25) is 0 Å². The van der Waals surface area contributed by atoms with Gasteiger partial charge in [-0.3, -0.25) is 0 Å². The molecule has 0 aromatic carbocycles. The molecule has 0 amide bonds. The van der Waals surface area contributed by atoms with Gasteiger partial charge in [0.05, 0.1) is 0 Å². The molecule has 1 N–H and O–H groups in total. The second kappa shape index (κ2) is 7.97. The normalized spacial score (nSPS) is 27.9. The third kappa shape index (κ3) is 7.15. The van der Waals surface area contributed by atoms with Crippen LogP contribution in [0.3, 0.4) is 0 Å². The van der Waals surface area contributed by atoms with Crippen molar-refractivity contribution >= 4 is 0 Å². The van der Waals surface area contributed by atoms with Crippen molar-refractivity contribution in [3.63, 3.8) is 0 Å². The number of hydrogen-bond acceptors (Lipinski definition) is 2. The van der Waals surface area contributed by atoms with Crippen LogP contribution in [-0.2, 0) is 4.74 Å². The molecule has 2 nitrogen and oxygen atoms in total. The SMILES string of the molecule is COCCCC1CC(C(C)(C)C)CCC1CNC(C)(C)C. The van der Waals surface area contributed by atoms with Crippen molar-refractivity contribution in [2.24, 2.45) is 23.2 Å². The van der Waals surface area contributed by atoms with E-state index >= 15 is 0 Å². The molecule has 126 valence electrons. The van der Waals surface area contributed by atoms with Crippen molar-refractivity contribution in [2.45, 2.75) is 79.2 Å². The second-order valence-electron chi connectivity index (χ2n) is 9.16. The molecular weight excluding hydrogens is 258 g/mol. The van der Waals surface area contributed by atoms with Gasteiger partial charge in [-0.15, -0.1) is 0 Å². The molecule has 21 heavy (non-hydrogen) atoms. The molecule has 3 atom stereocenters. The Morgan fingerprint density at radius 3 is 2.19 bits per heavy atom. The molecule has 2 heteroatoms. The van der Waals surface area contributed by atoms with Crippen molar-refractivity contribution in [2.75, 3.05) is 20.3 Å². The summed E-state index contributed by atoms with van der Waals surface area (Å²) in [4.78, 5) is 0. The van der Waals surface area contributed by atoms with Crippen LogP contribution in [0, 0.1) is 23.2 Å². The van der Waals surface area contributed by atoms with Gasteiger partial charge in [0, 0.05) is 19.3 Å². The van der Waals surface area contributed by atoms with Crippen LogP contribution in [0.15, 0.2) is 0 Å². The fourth-order valence-corrected chi connectivity index (χ4v) is 3.66. The first-order chi connectivity index (χ1) is 9.63. The van der Waals surface area contributed by atoms with E-state index in [2.05, 4.69) is 46.9 Å². The number of ether oxygens (including phenoxy) is 1. The van der Waals surface area contributed by atoms with Crippen molar-refractivity contribution in [3.8, 4) is 0 Å². The zero-order valence-electron chi connectivity index (χ0n) is 15.6. The molecular formula is C19H39NO. The molecule has 1 rings (SSSR count). The lowest BCUT2D eigenvalue weighted by molar-refractivity contribution is 0.0820. The van der Waals surface area contributed by atoms with Crippen LogP contribution >= 0.6 is 0 Å². The van der Waals surface area contributed by atoms with Gasteiger partial charge in [0.2, 0.25) is 0 Å². The van der Waals surface area contributed by atoms with E-state index in [4.69, 9.17) is 4.74 Å². The molecule has 0 spiro atoms. The monoisotopic (exact) mass is 297 g/mol. The van der Waals surface area contributed by atoms with Gasteiger partial charge in [0.15, 0.2) is 0 Å². The summed E-state index contributed by atoms with van der Waals surface area (Å²) in [7, 11) is 1.82. The third-order valence-corrected chi connectivity index (χ3v) is 5.18. The van der Waals surface area contributed by atoms with E-state index in [1.54, 1.807) is 0 Å². The topological polar surface area (TPSA) is 21.3 Å². The Balaban J connectivity index is 2.59. The van der Waals surface area contributed by atoms with Crippen molar-refractivity contribution in [1.82, 2.24) is 5.32 Å². The summed E-state index contributed by atoms with van der Waals surface area (Å²) < 4.78 is 5.26. The van der Waals surface area contributed by atoms with Gasteiger partial charge in [0.25, 0.3) is 0 Å². The van der Waals surface area contributed by atoms with Crippen LogP contribution in [0.5, 0.6) is 0 Å². The number of nitrogens with one attached hydrogen (secondary N) is 1. The fraction of sp³-hybridized carbons (Fsp3) is 1.00. The van der Waals surface area contributed by atoms with Crippen molar-refractivity contribution in [1.29, 1.82) is 0 Å². The molecule has 0 radical (unpaired) electrons. The molecule has 0 aliphatic heterocycles. The Morgan fingerprint density at radius 2 is 1.67 bits per heavy atom. The van der Waals surface area contributed by atoms with E-state index in [1.165, 1.54) is 38.6 Å². The highest BCUT2D eigenvalue weighted by atomic mass is 16.5. The minimum atomic E-state index is 0.234. The Hall–Kier alpha value is -0.0800. The minimum Gasteiger partial charge on any atom is -0.385 e. The Bertz CT molecular complexity index is 287. The first-order valence-electron chi connectivity index (χ1n) is 8.87. The summed E-state index contributed by atoms with van der Waals surface area (Å²) in [6.45, 7) is 16.1. The predicted molar refractivity (Wildman–Crippen MR) is 92.6 cm³/mol. The average Bonchev–Trinajstić information content (AvgIpc) is 2.35. The number of hydrogen-bond donors (Lipinski definition) is 1. The first-order valence-corrected chi connectivity index (χ1v) is 8.87. The summed E-state index contributed by atoms with van der Waals surface area (Å²) in [5, 5.41) is 3.73. The highest BCUT2D eigenvalue weighted by molar-refractivity contribution is 4.87. The average molecular weight is 298 g/mol. The molecule has 0 aromatic heterocycles. The van der Waals surface area contributed by atoms with E-state index in [1.807, 2.05) is 7.11 Å². The van der Waals surface area contributed by atoms with E-state index in [9.17, 15) is 0 Å². The summed E-state index contributed by atoms with van der Waals surface area (Å²) in [6, 6.07) is 0. The maximum Gasteiger partial charge on any atom is 0.0462 e. The maximum atomic E-state index is 5.26. The maximum absolute atomic E-state index is 5.26.